The lowest BCUT2D eigenvalue weighted by atomic mass is 10.0. The molecular formula is C28H35N7O2. The van der Waals surface area contributed by atoms with Crippen molar-refractivity contribution in [1.29, 1.82) is 0 Å². The van der Waals surface area contributed by atoms with Crippen LogP contribution in [0.5, 0.6) is 5.75 Å². The van der Waals surface area contributed by atoms with Crippen molar-refractivity contribution >= 4 is 23.3 Å². The molecule has 0 aliphatic carbocycles. The summed E-state index contributed by atoms with van der Waals surface area (Å²) in [6.45, 7) is 5.73. The fraction of sp³-hybridized carbons (Fsp3) is 0.464. The van der Waals surface area contributed by atoms with E-state index in [1.807, 2.05) is 18.3 Å². The minimum atomic E-state index is 0.240. The summed E-state index contributed by atoms with van der Waals surface area (Å²) in [6.07, 6.45) is 5.06. The Balaban J connectivity index is 1.35. The van der Waals surface area contributed by atoms with Crippen molar-refractivity contribution in [3.63, 3.8) is 0 Å². The molecule has 3 aromatic rings. The van der Waals surface area contributed by atoms with Crippen molar-refractivity contribution in [2.24, 2.45) is 0 Å². The van der Waals surface area contributed by atoms with Crippen LogP contribution in [0.2, 0.25) is 0 Å². The Morgan fingerprint density at radius 2 is 1.76 bits per heavy atom. The first-order valence-corrected chi connectivity index (χ1v) is 13.2. The van der Waals surface area contributed by atoms with Gasteiger partial charge in [0.1, 0.15) is 17.4 Å². The fourth-order valence-corrected chi connectivity index (χ4v) is 5.65. The largest absolute Gasteiger partial charge is 0.508 e. The molecule has 9 heteroatoms. The van der Waals surface area contributed by atoms with Gasteiger partial charge in [-0.25, -0.2) is 9.97 Å². The molecule has 2 fully saturated rings. The van der Waals surface area contributed by atoms with Crippen LogP contribution in [-0.4, -0.2) is 91.0 Å². The Labute approximate surface area is 218 Å². The second-order valence-electron chi connectivity index (χ2n) is 10.3. The maximum Gasteiger partial charge on any atom is 0.228 e. The number of rotatable bonds is 5. The zero-order chi connectivity index (χ0) is 25.4. The third-order valence-corrected chi connectivity index (χ3v) is 7.79. The molecule has 1 aromatic carbocycles. The number of pyridine rings is 1. The molecule has 6 rings (SSSR count). The first kappa shape index (κ1) is 23.9. The number of hydrogen-bond donors (Lipinski definition) is 1. The summed E-state index contributed by atoms with van der Waals surface area (Å²) in [4.78, 5) is 24.1. The van der Waals surface area contributed by atoms with E-state index in [4.69, 9.17) is 19.7 Å². The van der Waals surface area contributed by atoms with Crippen molar-refractivity contribution in [3.05, 3.63) is 48.2 Å². The summed E-state index contributed by atoms with van der Waals surface area (Å²) in [7, 11) is 4.34. The molecule has 0 unspecified atom stereocenters. The topological polar surface area (TPSA) is 81.1 Å². The highest BCUT2D eigenvalue weighted by Gasteiger charge is 2.30. The van der Waals surface area contributed by atoms with Gasteiger partial charge in [0.05, 0.1) is 18.9 Å². The van der Waals surface area contributed by atoms with Gasteiger partial charge in [0, 0.05) is 67.8 Å². The van der Waals surface area contributed by atoms with Crippen molar-refractivity contribution in [2.45, 2.75) is 25.3 Å². The second-order valence-corrected chi connectivity index (χ2v) is 10.3. The number of fused-ring (bicyclic) bond motifs is 1. The molecule has 2 aromatic heterocycles. The minimum absolute atomic E-state index is 0.240. The molecule has 0 bridgehead atoms. The van der Waals surface area contributed by atoms with Crippen LogP contribution in [-0.2, 0) is 11.2 Å². The number of hydrogen-bond acceptors (Lipinski definition) is 9. The number of aromatic nitrogens is 3. The molecule has 0 atom stereocenters. The number of piperidine rings is 1. The summed E-state index contributed by atoms with van der Waals surface area (Å²) in [5, 5.41) is 10.2. The van der Waals surface area contributed by atoms with Gasteiger partial charge in [-0.3, -0.25) is 0 Å². The molecule has 0 saturated carbocycles. The molecule has 2 saturated heterocycles. The van der Waals surface area contributed by atoms with E-state index in [1.54, 1.807) is 12.1 Å². The maximum atomic E-state index is 10.2. The minimum Gasteiger partial charge on any atom is -0.508 e. The predicted octanol–water partition coefficient (Wildman–Crippen LogP) is 3.31. The number of phenols is 1. The van der Waals surface area contributed by atoms with Gasteiger partial charge in [-0.15, -0.1) is 0 Å². The molecule has 3 aliphatic rings. The zero-order valence-corrected chi connectivity index (χ0v) is 21.7. The van der Waals surface area contributed by atoms with Crippen LogP contribution in [0.15, 0.2) is 42.6 Å². The lowest BCUT2D eigenvalue weighted by Gasteiger charge is -2.36. The summed E-state index contributed by atoms with van der Waals surface area (Å²) >= 11 is 0. The number of phenolic OH excluding ortho intramolecular Hbond substituents is 1. The summed E-state index contributed by atoms with van der Waals surface area (Å²) < 4.78 is 5.57. The van der Waals surface area contributed by atoms with Crippen LogP contribution in [0.25, 0.3) is 11.3 Å². The lowest BCUT2D eigenvalue weighted by Crippen LogP contribution is -2.42. The molecule has 37 heavy (non-hydrogen) atoms. The van der Waals surface area contributed by atoms with E-state index in [2.05, 4.69) is 45.8 Å². The molecule has 3 aliphatic heterocycles. The SMILES string of the molecule is CN(C)C1CCN(c2cc(N3CCc4c(-c5cccc(O)c5)nc(N5CCOCC5)nc43)ccn2)CC1. The molecule has 0 amide bonds. The fourth-order valence-electron chi connectivity index (χ4n) is 5.65. The number of ether oxygens (including phenoxy) is 1. The Morgan fingerprint density at radius 3 is 2.51 bits per heavy atom. The van der Waals surface area contributed by atoms with Gasteiger partial charge in [-0.1, -0.05) is 12.1 Å². The van der Waals surface area contributed by atoms with E-state index in [9.17, 15) is 5.11 Å². The summed E-state index contributed by atoms with van der Waals surface area (Å²) in [6, 6.07) is 12.3. The van der Waals surface area contributed by atoms with Gasteiger partial charge >= 0.3 is 0 Å². The highest BCUT2D eigenvalue weighted by atomic mass is 16.5. The van der Waals surface area contributed by atoms with Gasteiger partial charge in [0.2, 0.25) is 5.95 Å². The third-order valence-electron chi connectivity index (χ3n) is 7.79. The molecule has 9 nitrogen and oxygen atoms in total. The Hall–Kier alpha value is -3.43. The highest BCUT2D eigenvalue weighted by molar-refractivity contribution is 5.78. The number of morpholine rings is 1. The standard InChI is InChI=1S/C28H35N7O2/c1-32(2)21-7-11-33(12-8-21)25-19-22(6-10-29-25)35-13-9-24-26(20-4-3-5-23(36)18-20)30-28(31-27(24)35)34-14-16-37-17-15-34/h3-6,10,18-19,21,36H,7-9,11-17H2,1-2H3. The van der Waals surface area contributed by atoms with E-state index in [-0.39, 0.29) is 5.75 Å². The molecular weight excluding hydrogens is 466 g/mol. The van der Waals surface area contributed by atoms with Crippen molar-refractivity contribution < 1.29 is 9.84 Å². The quantitative estimate of drug-likeness (QED) is 0.566. The average Bonchev–Trinajstić information content (AvgIpc) is 3.37. The summed E-state index contributed by atoms with van der Waals surface area (Å²) in [5.74, 6) is 2.92. The Kier molecular flexibility index (Phi) is 6.56. The first-order chi connectivity index (χ1) is 18.1. The van der Waals surface area contributed by atoms with Crippen molar-refractivity contribution in [1.82, 2.24) is 19.9 Å². The van der Waals surface area contributed by atoms with Crippen LogP contribution in [0.4, 0.5) is 23.3 Å². The van der Waals surface area contributed by atoms with Crippen LogP contribution in [0.3, 0.4) is 0 Å². The maximum absolute atomic E-state index is 10.2. The van der Waals surface area contributed by atoms with Crippen LogP contribution < -0.4 is 14.7 Å². The van der Waals surface area contributed by atoms with Crippen LogP contribution in [0, 0.1) is 0 Å². The summed E-state index contributed by atoms with van der Waals surface area (Å²) in [5.41, 5.74) is 4.03. The van der Waals surface area contributed by atoms with E-state index in [0.29, 0.717) is 25.2 Å². The van der Waals surface area contributed by atoms with Gasteiger partial charge in [0.25, 0.3) is 0 Å². The van der Waals surface area contributed by atoms with E-state index >= 15 is 0 Å². The Bertz CT molecular complexity index is 1250. The smallest absolute Gasteiger partial charge is 0.228 e. The molecule has 5 heterocycles. The van der Waals surface area contributed by atoms with E-state index in [0.717, 1.165) is 86.1 Å². The number of aromatic hydroxyl groups is 1. The van der Waals surface area contributed by atoms with Gasteiger partial charge < -0.3 is 29.4 Å². The monoisotopic (exact) mass is 501 g/mol. The molecule has 1 N–H and O–H groups in total. The molecule has 0 radical (unpaired) electrons. The van der Waals surface area contributed by atoms with E-state index < -0.39 is 0 Å². The predicted molar refractivity (Wildman–Crippen MR) is 146 cm³/mol. The van der Waals surface area contributed by atoms with Gasteiger partial charge in [-0.05, 0) is 51.6 Å². The zero-order valence-electron chi connectivity index (χ0n) is 21.7. The molecule has 194 valence electrons. The van der Waals surface area contributed by atoms with Crippen LogP contribution >= 0.6 is 0 Å². The number of nitrogens with zero attached hydrogens (tertiary/aromatic N) is 7. The normalized spacial score (nSPS) is 18.5. The molecule has 0 spiro atoms. The van der Waals surface area contributed by atoms with Crippen molar-refractivity contribution in [3.8, 4) is 17.0 Å². The number of benzene rings is 1. The third kappa shape index (κ3) is 4.81. The average molecular weight is 502 g/mol. The van der Waals surface area contributed by atoms with Gasteiger partial charge in [-0.2, -0.15) is 4.98 Å². The van der Waals surface area contributed by atoms with Gasteiger partial charge in [0.15, 0.2) is 0 Å². The highest BCUT2D eigenvalue weighted by Crippen LogP contribution is 2.40. The van der Waals surface area contributed by atoms with Crippen LogP contribution in [0.1, 0.15) is 18.4 Å². The lowest BCUT2D eigenvalue weighted by molar-refractivity contribution is 0.122. The Morgan fingerprint density at radius 1 is 0.946 bits per heavy atom. The van der Waals surface area contributed by atoms with Crippen molar-refractivity contribution in [2.75, 3.05) is 74.7 Å². The first-order valence-electron chi connectivity index (χ1n) is 13.2. The second kappa shape index (κ2) is 10.1. The number of anilines is 4. The van der Waals surface area contributed by atoms with E-state index in [1.165, 1.54) is 0 Å².